The molecule has 1 saturated heterocycles. The van der Waals surface area contributed by atoms with Crippen molar-refractivity contribution in [2.75, 3.05) is 7.11 Å². The molecule has 2 aromatic carbocycles. The van der Waals surface area contributed by atoms with Crippen LogP contribution in [0, 0.1) is 0 Å². The number of hydrogen-bond donors (Lipinski definition) is 2. The highest BCUT2D eigenvalue weighted by atomic mass is 35.5. The molecule has 0 unspecified atom stereocenters. The van der Waals surface area contributed by atoms with E-state index in [0.717, 1.165) is 32.1 Å². The number of thiocarbonyl (C=S) groups is 1. The Balaban J connectivity index is 1.83. The van der Waals surface area contributed by atoms with Gasteiger partial charge in [0.1, 0.15) is 16.5 Å². The first-order valence-electron chi connectivity index (χ1n) is 8.28. The molecule has 5 nitrogen and oxygen atoms in total. The van der Waals surface area contributed by atoms with Crippen molar-refractivity contribution >= 4 is 63.6 Å². The number of benzene rings is 2. The van der Waals surface area contributed by atoms with E-state index in [1.54, 1.807) is 13.2 Å². The molecule has 1 aromatic heterocycles. The Hall–Kier alpha value is -2.61. The zero-order chi connectivity index (χ0) is 19.7. The molecule has 0 saturated carbocycles. The molecule has 0 atom stereocenters. The molecular weight excluding hydrogens is 414 g/mol. The molecule has 0 radical (unpaired) electrons. The van der Waals surface area contributed by atoms with Crippen LogP contribution in [0.25, 0.3) is 17.0 Å². The van der Waals surface area contributed by atoms with Crippen LogP contribution in [0.3, 0.4) is 0 Å². The number of pyridine rings is 1. The second kappa shape index (κ2) is 7.79. The minimum atomic E-state index is -0.262. The molecule has 1 amide bonds. The molecule has 1 fully saturated rings. The number of aromatic nitrogens is 1. The smallest absolute Gasteiger partial charge is 0.273 e. The molecule has 140 valence electrons. The lowest BCUT2D eigenvalue weighted by atomic mass is 10.1. The molecule has 0 spiro atoms. The summed E-state index contributed by atoms with van der Waals surface area (Å²) >= 11 is 12.5. The van der Waals surface area contributed by atoms with E-state index in [9.17, 15) is 4.79 Å². The lowest BCUT2D eigenvalue weighted by molar-refractivity contribution is -0.115. The first-order valence-corrected chi connectivity index (χ1v) is 9.88. The van der Waals surface area contributed by atoms with Gasteiger partial charge in [0.2, 0.25) is 0 Å². The van der Waals surface area contributed by atoms with E-state index in [-0.39, 0.29) is 5.91 Å². The highest BCUT2D eigenvalue weighted by Crippen LogP contribution is 2.33. The standard InChI is InChI=1S/C20H14ClN3O2S2/c1-26-14-5-2-11-8-12(9-17-18(25)24-20(27)23-17)19(22-16(11)10-14)28-15-6-3-13(21)4-7-15/h2-10H,1H3,(H2,23,24,25,27)/b17-9-. The number of rotatable bonds is 4. The van der Waals surface area contributed by atoms with E-state index in [1.165, 1.54) is 11.8 Å². The Morgan fingerprint density at radius 3 is 2.61 bits per heavy atom. The number of ether oxygens (including phenoxy) is 1. The zero-order valence-corrected chi connectivity index (χ0v) is 17.0. The van der Waals surface area contributed by atoms with Crippen LogP contribution in [0.5, 0.6) is 5.75 Å². The molecule has 1 aliphatic rings. The second-order valence-electron chi connectivity index (χ2n) is 5.96. The fourth-order valence-electron chi connectivity index (χ4n) is 2.71. The highest BCUT2D eigenvalue weighted by molar-refractivity contribution is 7.99. The Morgan fingerprint density at radius 1 is 1.14 bits per heavy atom. The summed E-state index contributed by atoms with van der Waals surface area (Å²) in [6.07, 6.45) is 1.75. The minimum absolute atomic E-state index is 0.262. The third kappa shape index (κ3) is 3.96. The maximum absolute atomic E-state index is 12.1. The summed E-state index contributed by atoms with van der Waals surface area (Å²) in [6.45, 7) is 0. The van der Waals surface area contributed by atoms with Crippen molar-refractivity contribution in [3.63, 3.8) is 0 Å². The van der Waals surface area contributed by atoms with Gasteiger partial charge in [-0.1, -0.05) is 23.4 Å². The van der Waals surface area contributed by atoms with Crippen LogP contribution in [0.1, 0.15) is 5.56 Å². The quantitative estimate of drug-likeness (QED) is 0.475. The highest BCUT2D eigenvalue weighted by Gasteiger charge is 2.21. The third-order valence-corrected chi connectivity index (χ3v) is 5.55. The van der Waals surface area contributed by atoms with Crippen LogP contribution in [-0.2, 0) is 4.79 Å². The van der Waals surface area contributed by atoms with Crippen LogP contribution < -0.4 is 15.4 Å². The van der Waals surface area contributed by atoms with E-state index in [4.69, 9.17) is 33.5 Å². The number of methoxy groups -OCH3 is 1. The van der Waals surface area contributed by atoms with Gasteiger partial charge in [-0.25, -0.2) is 4.98 Å². The molecule has 0 bridgehead atoms. The summed E-state index contributed by atoms with van der Waals surface area (Å²) in [6, 6.07) is 15.2. The number of nitrogens with zero attached hydrogens (tertiary/aromatic N) is 1. The average molecular weight is 428 g/mol. The lowest BCUT2D eigenvalue weighted by Gasteiger charge is -2.10. The molecule has 1 aliphatic heterocycles. The molecule has 2 N–H and O–H groups in total. The van der Waals surface area contributed by atoms with Gasteiger partial charge in [0.05, 0.1) is 12.6 Å². The van der Waals surface area contributed by atoms with Gasteiger partial charge in [0.25, 0.3) is 5.91 Å². The van der Waals surface area contributed by atoms with Gasteiger partial charge in [0.15, 0.2) is 5.11 Å². The van der Waals surface area contributed by atoms with Crippen LogP contribution in [0.4, 0.5) is 0 Å². The molecule has 0 aliphatic carbocycles. The minimum Gasteiger partial charge on any atom is -0.497 e. The Kier molecular flexibility index (Phi) is 5.21. The van der Waals surface area contributed by atoms with Gasteiger partial charge in [-0.05, 0) is 60.8 Å². The summed E-state index contributed by atoms with van der Waals surface area (Å²) in [5.74, 6) is 0.470. The first kappa shape index (κ1) is 18.7. The van der Waals surface area contributed by atoms with E-state index in [1.807, 2.05) is 48.5 Å². The van der Waals surface area contributed by atoms with Gasteiger partial charge in [0, 0.05) is 26.9 Å². The number of halogens is 1. The molecule has 3 aromatic rings. The summed E-state index contributed by atoms with van der Waals surface area (Å²) in [7, 11) is 1.62. The van der Waals surface area contributed by atoms with Gasteiger partial charge in [-0.2, -0.15) is 0 Å². The number of hydrogen-bond acceptors (Lipinski definition) is 5. The van der Waals surface area contributed by atoms with Crippen LogP contribution >= 0.6 is 35.6 Å². The maximum atomic E-state index is 12.1. The number of carbonyl (C=O) groups excluding carboxylic acids is 1. The van der Waals surface area contributed by atoms with E-state index in [0.29, 0.717) is 15.8 Å². The third-order valence-electron chi connectivity index (χ3n) is 4.07. The Labute approximate surface area is 176 Å². The fourth-order valence-corrected chi connectivity index (χ4v) is 3.91. The molecule has 2 heterocycles. The summed E-state index contributed by atoms with van der Waals surface area (Å²) in [5.41, 5.74) is 2.00. The Bertz CT molecular complexity index is 1130. The second-order valence-corrected chi connectivity index (χ2v) is 7.87. The topological polar surface area (TPSA) is 63.2 Å². The van der Waals surface area contributed by atoms with Gasteiger partial charge in [-0.3, -0.25) is 10.1 Å². The predicted molar refractivity (Wildman–Crippen MR) is 116 cm³/mol. The molecular formula is C20H14ClN3O2S2. The van der Waals surface area contributed by atoms with Crippen molar-refractivity contribution in [2.45, 2.75) is 9.92 Å². The predicted octanol–water partition coefficient (Wildman–Crippen LogP) is 4.39. The van der Waals surface area contributed by atoms with Gasteiger partial charge < -0.3 is 10.1 Å². The van der Waals surface area contributed by atoms with Crippen molar-refractivity contribution in [2.24, 2.45) is 0 Å². The van der Waals surface area contributed by atoms with Crippen molar-refractivity contribution in [1.29, 1.82) is 0 Å². The molecule has 8 heteroatoms. The van der Waals surface area contributed by atoms with Crippen molar-refractivity contribution < 1.29 is 9.53 Å². The number of amides is 1. The van der Waals surface area contributed by atoms with Crippen molar-refractivity contribution in [3.8, 4) is 5.75 Å². The number of fused-ring (bicyclic) bond motifs is 1. The molecule has 28 heavy (non-hydrogen) atoms. The SMILES string of the molecule is COc1ccc2cc(/C=C3\NC(=S)NC3=O)c(Sc3ccc(Cl)cc3)nc2c1. The summed E-state index contributed by atoms with van der Waals surface area (Å²) in [5, 5.41) is 8.10. The van der Waals surface area contributed by atoms with Crippen LogP contribution in [0.2, 0.25) is 5.02 Å². The molecule has 4 rings (SSSR count). The van der Waals surface area contributed by atoms with E-state index >= 15 is 0 Å². The van der Waals surface area contributed by atoms with E-state index < -0.39 is 0 Å². The van der Waals surface area contributed by atoms with Crippen molar-refractivity contribution in [3.05, 3.63) is 64.8 Å². The fraction of sp³-hybridized carbons (Fsp3) is 0.0500. The average Bonchev–Trinajstić information content (AvgIpc) is 3.00. The van der Waals surface area contributed by atoms with E-state index in [2.05, 4.69) is 10.6 Å². The summed E-state index contributed by atoms with van der Waals surface area (Å²) < 4.78 is 5.31. The monoisotopic (exact) mass is 427 g/mol. The Morgan fingerprint density at radius 2 is 1.93 bits per heavy atom. The normalized spacial score (nSPS) is 15.0. The van der Waals surface area contributed by atoms with Gasteiger partial charge >= 0.3 is 0 Å². The maximum Gasteiger partial charge on any atom is 0.273 e. The zero-order valence-electron chi connectivity index (χ0n) is 14.7. The number of carbonyl (C=O) groups is 1. The lowest BCUT2D eigenvalue weighted by Crippen LogP contribution is -2.21. The van der Waals surface area contributed by atoms with Crippen LogP contribution in [0.15, 0.2) is 64.1 Å². The van der Waals surface area contributed by atoms with Gasteiger partial charge in [-0.15, -0.1) is 0 Å². The summed E-state index contributed by atoms with van der Waals surface area (Å²) in [4.78, 5) is 17.8. The number of nitrogens with one attached hydrogen (secondary N) is 2. The van der Waals surface area contributed by atoms with Crippen LogP contribution in [-0.4, -0.2) is 23.1 Å². The van der Waals surface area contributed by atoms with Crippen molar-refractivity contribution in [1.82, 2.24) is 15.6 Å². The largest absolute Gasteiger partial charge is 0.497 e. The first-order chi connectivity index (χ1) is 13.5.